The van der Waals surface area contributed by atoms with Crippen LogP contribution in [0.3, 0.4) is 0 Å². The van der Waals surface area contributed by atoms with Crippen LogP contribution < -0.4 is 10.1 Å². The van der Waals surface area contributed by atoms with Gasteiger partial charge in [-0.05, 0) is 12.1 Å². The van der Waals surface area contributed by atoms with Crippen molar-refractivity contribution in [3.8, 4) is 5.75 Å². The molecule has 5 nitrogen and oxygen atoms in total. The van der Waals surface area contributed by atoms with Crippen LogP contribution in [0.1, 0.15) is 25.5 Å². The molecule has 2 N–H and O–H groups in total. The number of fused-ring (bicyclic) bond motifs is 1. The Morgan fingerprint density at radius 1 is 1.36 bits per heavy atom. The van der Waals surface area contributed by atoms with Crippen molar-refractivity contribution < 1.29 is 14.3 Å². The number of nitrogens with one attached hydrogen (secondary N) is 2. The summed E-state index contributed by atoms with van der Waals surface area (Å²) in [6, 6.07) is 5.77. The van der Waals surface area contributed by atoms with Crippen LogP contribution in [0.2, 0.25) is 5.02 Å². The molecule has 118 valence electrons. The fourth-order valence-corrected chi connectivity index (χ4v) is 2.80. The normalized spacial score (nSPS) is 20.7. The topological polar surface area (TPSA) is 63.4 Å². The molecule has 2 aromatic rings. The molecule has 0 radical (unpaired) electrons. The molecule has 1 heterocycles. The summed E-state index contributed by atoms with van der Waals surface area (Å²) in [7, 11) is 1.72. The number of methoxy groups -OCH3 is 1. The van der Waals surface area contributed by atoms with E-state index in [2.05, 4.69) is 10.3 Å². The van der Waals surface area contributed by atoms with E-state index in [0.29, 0.717) is 23.4 Å². The van der Waals surface area contributed by atoms with Crippen LogP contribution in [0, 0.1) is 0 Å². The van der Waals surface area contributed by atoms with Crippen molar-refractivity contribution in [1.82, 2.24) is 10.3 Å². The van der Waals surface area contributed by atoms with E-state index in [0.717, 1.165) is 29.4 Å². The van der Waals surface area contributed by atoms with Gasteiger partial charge in [0.05, 0.1) is 17.7 Å². The SMILES string of the molecule is CO[C@H]1C[C@H](Oc2cc3[nH]c(CNC(C)=O)cc3cc2Cl)C1. The van der Waals surface area contributed by atoms with Gasteiger partial charge in [0, 0.05) is 49.5 Å². The van der Waals surface area contributed by atoms with E-state index >= 15 is 0 Å². The van der Waals surface area contributed by atoms with Gasteiger partial charge < -0.3 is 19.8 Å². The molecule has 0 saturated heterocycles. The number of aromatic nitrogens is 1. The molecule has 6 heteroatoms. The summed E-state index contributed by atoms with van der Waals surface area (Å²) < 4.78 is 11.2. The van der Waals surface area contributed by atoms with Crippen LogP contribution in [0.4, 0.5) is 0 Å². The lowest BCUT2D eigenvalue weighted by molar-refractivity contribution is -0.119. The van der Waals surface area contributed by atoms with Crippen LogP contribution in [-0.4, -0.2) is 30.2 Å². The number of hydrogen-bond donors (Lipinski definition) is 2. The number of H-pyrrole nitrogens is 1. The van der Waals surface area contributed by atoms with E-state index in [1.807, 2.05) is 18.2 Å². The minimum atomic E-state index is -0.0570. The number of hydrogen-bond acceptors (Lipinski definition) is 3. The zero-order valence-electron chi connectivity index (χ0n) is 12.6. The molecule has 0 atom stereocenters. The van der Waals surface area contributed by atoms with Gasteiger partial charge in [-0.3, -0.25) is 4.79 Å². The van der Waals surface area contributed by atoms with E-state index in [9.17, 15) is 4.79 Å². The Hall–Kier alpha value is -1.72. The smallest absolute Gasteiger partial charge is 0.217 e. The van der Waals surface area contributed by atoms with Crippen molar-refractivity contribution in [2.75, 3.05) is 7.11 Å². The van der Waals surface area contributed by atoms with Crippen LogP contribution in [0.15, 0.2) is 18.2 Å². The fourth-order valence-electron chi connectivity index (χ4n) is 2.58. The molecule has 1 aromatic carbocycles. The maximum absolute atomic E-state index is 11.0. The van der Waals surface area contributed by atoms with E-state index < -0.39 is 0 Å². The van der Waals surface area contributed by atoms with Gasteiger partial charge in [-0.1, -0.05) is 11.6 Å². The maximum Gasteiger partial charge on any atom is 0.217 e. The predicted molar refractivity (Wildman–Crippen MR) is 85.3 cm³/mol. The van der Waals surface area contributed by atoms with Crippen molar-refractivity contribution >= 4 is 28.4 Å². The van der Waals surface area contributed by atoms with Gasteiger partial charge in [0.2, 0.25) is 5.91 Å². The van der Waals surface area contributed by atoms with E-state index in [1.165, 1.54) is 6.92 Å². The quantitative estimate of drug-likeness (QED) is 0.889. The number of ether oxygens (including phenoxy) is 2. The zero-order chi connectivity index (χ0) is 15.7. The molecule has 3 rings (SSSR count). The van der Waals surface area contributed by atoms with Crippen LogP contribution in [0.25, 0.3) is 10.9 Å². The van der Waals surface area contributed by atoms with E-state index in [-0.39, 0.29) is 12.0 Å². The van der Waals surface area contributed by atoms with Gasteiger partial charge in [-0.15, -0.1) is 0 Å². The van der Waals surface area contributed by atoms with E-state index in [1.54, 1.807) is 7.11 Å². The Kier molecular flexibility index (Phi) is 4.27. The minimum Gasteiger partial charge on any atom is -0.489 e. The molecule has 1 aromatic heterocycles. The standard InChI is InChI=1S/C16H19ClN2O3/c1-9(20)18-8-11-3-10-4-14(17)16(7-15(10)19-11)22-13-5-12(6-13)21-2/h3-4,7,12-13,19H,5-6,8H2,1-2H3,(H,18,20)/t12-,13-. The number of carbonyl (C=O) groups is 1. The Bertz CT molecular complexity index is 692. The first kappa shape index (κ1) is 15.2. The molecule has 0 bridgehead atoms. The summed E-state index contributed by atoms with van der Waals surface area (Å²) >= 11 is 6.30. The highest BCUT2D eigenvalue weighted by molar-refractivity contribution is 6.32. The molecular formula is C16H19ClN2O3. The first-order chi connectivity index (χ1) is 10.5. The molecular weight excluding hydrogens is 304 g/mol. The van der Waals surface area contributed by atoms with Crippen molar-refractivity contribution in [1.29, 1.82) is 0 Å². The maximum atomic E-state index is 11.0. The molecule has 1 saturated carbocycles. The highest BCUT2D eigenvalue weighted by atomic mass is 35.5. The lowest BCUT2D eigenvalue weighted by atomic mass is 9.92. The van der Waals surface area contributed by atoms with Gasteiger partial charge in [-0.25, -0.2) is 0 Å². The molecule has 22 heavy (non-hydrogen) atoms. The number of aromatic amines is 1. The van der Waals surface area contributed by atoms with Crippen molar-refractivity contribution in [3.05, 3.63) is 28.9 Å². The zero-order valence-corrected chi connectivity index (χ0v) is 13.4. The van der Waals surface area contributed by atoms with Gasteiger partial charge >= 0.3 is 0 Å². The molecule has 0 spiro atoms. The van der Waals surface area contributed by atoms with Gasteiger partial charge in [0.15, 0.2) is 0 Å². The predicted octanol–water partition coefficient (Wildman–Crippen LogP) is 3.01. The third-order valence-corrected chi connectivity index (χ3v) is 4.23. The molecule has 1 aliphatic rings. The molecule has 1 fully saturated rings. The molecule has 1 amide bonds. The highest BCUT2D eigenvalue weighted by Gasteiger charge is 2.31. The largest absolute Gasteiger partial charge is 0.489 e. The number of amides is 1. The highest BCUT2D eigenvalue weighted by Crippen LogP contribution is 2.34. The summed E-state index contributed by atoms with van der Waals surface area (Å²) in [5, 5.41) is 4.36. The van der Waals surface area contributed by atoms with Gasteiger partial charge in [0.1, 0.15) is 11.9 Å². The minimum absolute atomic E-state index is 0.0570. The van der Waals surface area contributed by atoms with Crippen LogP contribution >= 0.6 is 11.6 Å². The van der Waals surface area contributed by atoms with Crippen LogP contribution in [0.5, 0.6) is 5.75 Å². The Morgan fingerprint density at radius 2 is 2.14 bits per heavy atom. The van der Waals surface area contributed by atoms with Crippen molar-refractivity contribution in [2.24, 2.45) is 0 Å². The summed E-state index contributed by atoms with van der Waals surface area (Å²) in [5.74, 6) is 0.625. The molecule has 0 aliphatic heterocycles. The third-order valence-electron chi connectivity index (χ3n) is 3.94. The van der Waals surface area contributed by atoms with Gasteiger partial charge in [0.25, 0.3) is 0 Å². The van der Waals surface area contributed by atoms with Crippen molar-refractivity contribution in [2.45, 2.75) is 38.5 Å². The fraction of sp³-hybridized carbons (Fsp3) is 0.438. The van der Waals surface area contributed by atoms with Gasteiger partial charge in [-0.2, -0.15) is 0 Å². The summed E-state index contributed by atoms with van der Waals surface area (Å²) in [6.45, 7) is 1.97. The average Bonchev–Trinajstić information content (AvgIpc) is 2.81. The number of carbonyl (C=O) groups excluding carboxylic acids is 1. The lowest BCUT2D eigenvalue weighted by Gasteiger charge is -2.34. The second kappa shape index (κ2) is 6.18. The van der Waals surface area contributed by atoms with E-state index in [4.69, 9.17) is 21.1 Å². The number of benzene rings is 1. The Labute approximate surface area is 133 Å². The second-order valence-corrected chi connectivity index (χ2v) is 6.05. The summed E-state index contributed by atoms with van der Waals surface area (Å²) in [4.78, 5) is 14.2. The number of halogens is 1. The van der Waals surface area contributed by atoms with Crippen molar-refractivity contribution in [3.63, 3.8) is 0 Å². The summed E-state index contributed by atoms with van der Waals surface area (Å²) in [6.07, 6.45) is 2.24. The molecule has 0 unspecified atom stereocenters. The monoisotopic (exact) mass is 322 g/mol. The Balaban J connectivity index is 1.74. The second-order valence-electron chi connectivity index (χ2n) is 5.64. The first-order valence-corrected chi connectivity index (χ1v) is 7.68. The lowest BCUT2D eigenvalue weighted by Crippen LogP contribution is -2.38. The molecule has 1 aliphatic carbocycles. The number of rotatable bonds is 5. The Morgan fingerprint density at radius 3 is 2.82 bits per heavy atom. The summed E-state index contributed by atoms with van der Waals surface area (Å²) in [5.41, 5.74) is 1.88. The third kappa shape index (κ3) is 3.20. The van der Waals surface area contributed by atoms with Crippen LogP contribution in [-0.2, 0) is 16.1 Å². The average molecular weight is 323 g/mol. The first-order valence-electron chi connectivity index (χ1n) is 7.30.